The third kappa shape index (κ3) is 1.33. The van der Waals surface area contributed by atoms with Crippen molar-refractivity contribution in [2.45, 2.75) is 6.42 Å². The van der Waals surface area contributed by atoms with Gasteiger partial charge in [0.25, 0.3) is 0 Å². The Bertz CT molecular complexity index is 934. The van der Waals surface area contributed by atoms with Crippen LogP contribution in [0, 0.1) is 0 Å². The van der Waals surface area contributed by atoms with Gasteiger partial charge in [-0.1, -0.05) is 48.5 Å². The highest BCUT2D eigenvalue weighted by Gasteiger charge is 2.29. The highest BCUT2D eigenvalue weighted by Crippen LogP contribution is 2.44. The molecule has 3 aromatic rings. The third-order valence-corrected chi connectivity index (χ3v) is 4.64. The summed E-state index contributed by atoms with van der Waals surface area (Å²) in [7, 11) is 0. The molecule has 98 valence electrons. The summed E-state index contributed by atoms with van der Waals surface area (Å²) >= 11 is 0. The molecule has 0 amide bonds. The molecule has 0 aromatic heterocycles. The fourth-order valence-electron chi connectivity index (χ4n) is 3.66. The van der Waals surface area contributed by atoms with Gasteiger partial charge in [-0.05, 0) is 51.9 Å². The molecule has 0 saturated carbocycles. The van der Waals surface area contributed by atoms with Gasteiger partial charge in [-0.2, -0.15) is 0 Å². The molecule has 0 aliphatic heterocycles. The summed E-state index contributed by atoms with van der Waals surface area (Å²) in [5.41, 5.74) is 9.09. The van der Waals surface area contributed by atoms with Gasteiger partial charge >= 0.3 is 0 Å². The van der Waals surface area contributed by atoms with E-state index >= 15 is 0 Å². The first-order chi connectivity index (χ1) is 10.3. The molecule has 2 aliphatic rings. The van der Waals surface area contributed by atoms with Crippen LogP contribution in [0.25, 0.3) is 22.3 Å². The summed E-state index contributed by atoms with van der Waals surface area (Å²) < 4.78 is 0. The molecule has 1 nitrogen and oxygen atoms in total. The van der Waals surface area contributed by atoms with Crippen LogP contribution in [0.2, 0.25) is 0 Å². The first-order valence-electron chi connectivity index (χ1n) is 7.22. The minimum atomic E-state index is 0.166. The van der Waals surface area contributed by atoms with E-state index in [0.29, 0.717) is 0 Å². The molecule has 0 unspecified atom stereocenters. The summed E-state index contributed by atoms with van der Waals surface area (Å²) in [6, 6.07) is 20.7. The maximum Gasteiger partial charge on any atom is 0.194 e. The second-order valence-corrected chi connectivity index (χ2v) is 5.76. The van der Waals surface area contributed by atoms with Crippen LogP contribution >= 0.6 is 0 Å². The quantitative estimate of drug-likeness (QED) is 0.405. The van der Waals surface area contributed by atoms with Crippen molar-refractivity contribution in [2.75, 3.05) is 0 Å². The topological polar surface area (TPSA) is 17.1 Å². The van der Waals surface area contributed by atoms with Gasteiger partial charge in [-0.25, -0.2) is 0 Å². The van der Waals surface area contributed by atoms with E-state index in [2.05, 4.69) is 36.4 Å². The Morgan fingerprint density at radius 1 is 0.571 bits per heavy atom. The van der Waals surface area contributed by atoms with E-state index in [1.165, 1.54) is 22.3 Å². The van der Waals surface area contributed by atoms with E-state index in [4.69, 9.17) is 0 Å². The summed E-state index contributed by atoms with van der Waals surface area (Å²) in [5.74, 6) is 0.166. The average Bonchev–Trinajstić information content (AvgIpc) is 3.02. The molecule has 3 aromatic carbocycles. The molecule has 2 aliphatic carbocycles. The van der Waals surface area contributed by atoms with Crippen molar-refractivity contribution >= 4 is 5.78 Å². The smallest absolute Gasteiger partial charge is 0.194 e. The molecule has 0 radical (unpaired) electrons. The Labute approximate surface area is 122 Å². The summed E-state index contributed by atoms with van der Waals surface area (Å²) in [6.07, 6.45) is 0.933. The number of ketones is 1. The number of rotatable bonds is 0. The van der Waals surface area contributed by atoms with Gasteiger partial charge in [-0.15, -0.1) is 0 Å². The van der Waals surface area contributed by atoms with E-state index < -0.39 is 0 Å². The van der Waals surface area contributed by atoms with Gasteiger partial charge in [0.05, 0.1) is 0 Å². The molecule has 0 atom stereocenters. The fraction of sp³-hybridized carbons (Fsp3) is 0.0500. The van der Waals surface area contributed by atoms with Crippen molar-refractivity contribution in [3.63, 3.8) is 0 Å². The van der Waals surface area contributed by atoms with Crippen molar-refractivity contribution in [1.82, 2.24) is 0 Å². The Morgan fingerprint density at radius 2 is 1.29 bits per heavy atom. The standard InChI is InChI=1S/C20H12O/c21-20-16-8-4-3-7-15(16)18-11-17-13(10-19(18)20)9-12-5-1-2-6-14(12)17/h1-8,10-11H,9H2. The zero-order valence-corrected chi connectivity index (χ0v) is 11.4. The lowest BCUT2D eigenvalue weighted by molar-refractivity contribution is 0.104. The van der Waals surface area contributed by atoms with Crippen LogP contribution in [0.5, 0.6) is 0 Å². The molecule has 0 spiro atoms. The van der Waals surface area contributed by atoms with Gasteiger partial charge in [0.1, 0.15) is 0 Å². The van der Waals surface area contributed by atoms with E-state index in [0.717, 1.165) is 28.7 Å². The van der Waals surface area contributed by atoms with Gasteiger partial charge < -0.3 is 0 Å². The van der Waals surface area contributed by atoms with Crippen LogP contribution in [-0.4, -0.2) is 5.78 Å². The predicted octanol–water partition coefficient (Wildman–Crippen LogP) is 4.47. The molecule has 0 N–H and O–H groups in total. The second-order valence-electron chi connectivity index (χ2n) is 5.76. The third-order valence-electron chi connectivity index (χ3n) is 4.64. The van der Waals surface area contributed by atoms with Crippen LogP contribution in [0.1, 0.15) is 27.0 Å². The summed E-state index contributed by atoms with van der Waals surface area (Å²) in [6.45, 7) is 0. The Hall–Kier alpha value is -2.67. The summed E-state index contributed by atoms with van der Waals surface area (Å²) in [4.78, 5) is 12.6. The lowest BCUT2D eigenvalue weighted by atomic mass is 9.98. The molecule has 0 bridgehead atoms. The largest absolute Gasteiger partial charge is 0.289 e. The number of carbonyl (C=O) groups excluding carboxylic acids is 1. The van der Waals surface area contributed by atoms with Crippen LogP contribution in [0.15, 0.2) is 60.7 Å². The first kappa shape index (κ1) is 11.0. The SMILES string of the molecule is O=C1c2ccccc2-c2cc3c(cc21)Cc1ccccc1-3. The molecular formula is C20H12O. The first-order valence-corrected chi connectivity index (χ1v) is 7.22. The van der Waals surface area contributed by atoms with Crippen molar-refractivity contribution in [1.29, 1.82) is 0 Å². The zero-order chi connectivity index (χ0) is 14.0. The van der Waals surface area contributed by atoms with Crippen molar-refractivity contribution in [2.24, 2.45) is 0 Å². The van der Waals surface area contributed by atoms with Crippen LogP contribution < -0.4 is 0 Å². The zero-order valence-electron chi connectivity index (χ0n) is 11.4. The Kier molecular flexibility index (Phi) is 1.95. The second kappa shape index (κ2) is 3.70. The molecule has 21 heavy (non-hydrogen) atoms. The maximum absolute atomic E-state index is 12.6. The number of benzene rings is 3. The normalized spacial score (nSPS) is 13.6. The van der Waals surface area contributed by atoms with Gasteiger partial charge in [-0.3, -0.25) is 4.79 Å². The van der Waals surface area contributed by atoms with E-state index in [1.54, 1.807) is 0 Å². The van der Waals surface area contributed by atoms with Crippen molar-refractivity contribution in [3.8, 4) is 22.3 Å². The Morgan fingerprint density at radius 3 is 2.14 bits per heavy atom. The minimum Gasteiger partial charge on any atom is -0.289 e. The van der Waals surface area contributed by atoms with Gasteiger partial charge in [0, 0.05) is 11.1 Å². The van der Waals surface area contributed by atoms with Crippen LogP contribution in [0.4, 0.5) is 0 Å². The number of fused-ring (bicyclic) bond motifs is 6. The van der Waals surface area contributed by atoms with Crippen molar-refractivity contribution in [3.05, 3.63) is 82.9 Å². The fourth-order valence-corrected chi connectivity index (χ4v) is 3.66. The molecular weight excluding hydrogens is 256 g/mol. The maximum atomic E-state index is 12.6. The lowest BCUT2D eigenvalue weighted by Gasteiger charge is -2.05. The highest BCUT2D eigenvalue weighted by molar-refractivity contribution is 6.22. The predicted molar refractivity (Wildman–Crippen MR) is 83.6 cm³/mol. The molecule has 5 rings (SSSR count). The van der Waals surface area contributed by atoms with Gasteiger partial charge in [0.2, 0.25) is 0 Å². The number of carbonyl (C=O) groups is 1. The summed E-state index contributed by atoms with van der Waals surface area (Å²) in [5, 5.41) is 0. The average molecular weight is 268 g/mol. The molecule has 1 heteroatoms. The number of hydrogen-bond donors (Lipinski definition) is 0. The van der Waals surface area contributed by atoms with Crippen LogP contribution in [0.3, 0.4) is 0 Å². The molecule has 0 saturated heterocycles. The van der Waals surface area contributed by atoms with Gasteiger partial charge in [0.15, 0.2) is 5.78 Å². The number of hydrogen-bond acceptors (Lipinski definition) is 1. The highest BCUT2D eigenvalue weighted by atomic mass is 16.1. The van der Waals surface area contributed by atoms with E-state index in [9.17, 15) is 4.79 Å². The lowest BCUT2D eigenvalue weighted by Crippen LogP contribution is -1.96. The molecule has 0 fully saturated rings. The van der Waals surface area contributed by atoms with Crippen molar-refractivity contribution < 1.29 is 4.79 Å². The Balaban J connectivity index is 1.83. The monoisotopic (exact) mass is 268 g/mol. The molecule has 0 heterocycles. The van der Waals surface area contributed by atoms with E-state index in [-0.39, 0.29) is 5.78 Å². The van der Waals surface area contributed by atoms with Crippen LogP contribution in [-0.2, 0) is 6.42 Å². The van der Waals surface area contributed by atoms with E-state index in [1.807, 2.05) is 24.3 Å². The minimum absolute atomic E-state index is 0.166.